The minimum Gasteiger partial charge on any atom is -0.346 e. The van der Waals surface area contributed by atoms with Gasteiger partial charge in [-0.2, -0.15) is 0 Å². The van der Waals surface area contributed by atoms with Crippen molar-refractivity contribution in [1.82, 2.24) is 20.2 Å². The highest BCUT2D eigenvalue weighted by atomic mass is 19.1. The van der Waals surface area contributed by atoms with E-state index < -0.39 is 0 Å². The summed E-state index contributed by atoms with van der Waals surface area (Å²) >= 11 is 0. The lowest BCUT2D eigenvalue weighted by molar-refractivity contribution is 0.0923. The molecule has 2 aliphatic heterocycles. The fourth-order valence-electron chi connectivity index (χ4n) is 3.75. The van der Waals surface area contributed by atoms with Gasteiger partial charge >= 0.3 is 0 Å². The molecule has 2 N–H and O–H groups in total. The van der Waals surface area contributed by atoms with Gasteiger partial charge in [-0.1, -0.05) is 0 Å². The summed E-state index contributed by atoms with van der Waals surface area (Å²) in [5.41, 5.74) is 2.03. The van der Waals surface area contributed by atoms with Crippen LogP contribution in [0, 0.1) is 5.82 Å². The number of aromatic nitrogens is 2. The van der Waals surface area contributed by atoms with E-state index in [-0.39, 0.29) is 17.8 Å². The predicted octanol–water partition coefficient (Wildman–Crippen LogP) is 1.85. The molecular formula is C17H19FN4O. The molecule has 120 valence electrons. The maximum Gasteiger partial charge on any atom is 0.268 e. The number of nitrogens with zero attached hydrogens (tertiary/aromatic N) is 2. The molecule has 5 nitrogen and oxygen atoms in total. The summed E-state index contributed by atoms with van der Waals surface area (Å²) in [5.74, 6) is -0.440. The Balaban J connectivity index is 1.53. The molecule has 1 amide bonds. The summed E-state index contributed by atoms with van der Waals surface area (Å²) in [7, 11) is 1.83. The van der Waals surface area contributed by atoms with Crippen LogP contribution >= 0.6 is 0 Å². The number of carbonyl (C=O) groups excluding carboxylic acids is 1. The number of halogens is 1. The van der Waals surface area contributed by atoms with Gasteiger partial charge in [-0.3, -0.25) is 9.78 Å². The van der Waals surface area contributed by atoms with Gasteiger partial charge in [0.25, 0.3) is 5.91 Å². The highest BCUT2D eigenvalue weighted by Crippen LogP contribution is 2.28. The smallest absolute Gasteiger partial charge is 0.268 e. The Morgan fingerprint density at radius 3 is 2.87 bits per heavy atom. The van der Waals surface area contributed by atoms with Crippen LogP contribution < -0.4 is 10.6 Å². The molecule has 2 aromatic rings. The number of carbonyl (C=O) groups is 1. The van der Waals surface area contributed by atoms with E-state index in [2.05, 4.69) is 15.6 Å². The van der Waals surface area contributed by atoms with Crippen molar-refractivity contribution in [1.29, 1.82) is 0 Å². The van der Waals surface area contributed by atoms with Crippen LogP contribution in [0.1, 0.15) is 29.8 Å². The lowest BCUT2D eigenvalue weighted by atomic mass is 9.95. The third kappa shape index (κ3) is 2.53. The van der Waals surface area contributed by atoms with Crippen molar-refractivity contribution in [2.75, 3.05) is 0 Å². The zero-order chi connectivity index (χ0) is 16.0. The van der Waals surface area contributed by atoms with Crippen molar-refractivity contribution in [2.45, 2.75) is 37.4 Å². The van der Waals surface area contributed by atoms with Crippen molar-refractivity contribution in [3.05, 3.63) is 42.0 Å². The predicted molar refractivity (Wildman–Crippen MR) is 84.4 cm³/mol. The minimum absolute atomic E-state index is 0.0692. The van der Waals surface area contributed by atoms with E-state index in [9.17, 15) is 9.18 Å². The van der Waals surface area contributed by atoms with Crippen LogP contribution in [0.5, 0.6) is 0 Å². The maximum atomic E-state index is 13.0. The number of pyridine rings is 1. The molecule has 0 saturated carbocycles. The third-order valence-corrected chi connectivity index (χ3v) is 4.96. The van der Waals surface area contributed by atoms with Gasteiger partial charge in [0.1, 0.15) is 11.5 Å². The van der Waals surface area contributed by atoms with E-state index in [1.807, 2.05) is 13.1 Å². The van der Waals surface area contributed by atoms with Gasteiger partial charge in [0.15, 0.2) is 0 Å². The first-order valence-corrected chi connectivity index (χ1v) is 7.96. The number of rotatable bonds is 3. The Hall–Kier alpha value is -2.21. The van der Waals surface area contributed by atoms with Crippen LogP contribution in [0.4, 0.5) is 4.39 Å². The van der Waals surface area contributed by atoms with Gasteiger partial charge in [-0.15, -0.1) is 0 Å². The van der Waals surface area contributed by atoms with E-state index in [1.54, 1.807) is 16.7 Å². The van der Waals surface area contributed by atoms with Gasteiger partial charge < -0.3 is 15.2 Å². The second-order valence-electron chi connectivity index (χ2n) is 6.39. The first-order chi connectivity index (χ1) is 11.1. The summed E-state index contributed by atoms with van der Waals surface area (Å²) in [6, 6.07) is 7.79. The Kier molecular flexibility index (Phi) is 3.41. The van der Waals surface area contributed by atoms with Crippen molar-refractivity contribution >= 4 is 5.91 Å². The molecule has 0 unspecified atom stereocenters. The molecular weight excluding hydrogens is 295 g/mol. The highest BCUT2D eigenvalue weighted by Gasteiger charge is 2.39. The monoisotopic (exact) mass is 314 g/mol. The second kappa shape index (κ2) is 5.45. The number of amides is 1. The van der Waals surface area contributed by atoms with Crippen LogP contribution in [-0.2, 0) is 7.05 Å². The van der Waals surface area contributed by atoms with Gasteiger partial charge in [-0.05, 0) is 43.5 Å². The Bertz CT molecular complexity index is 740. The van der Waals surface area contributed by atoms with E-state index in [4.69, 9.17) is 0 Å². The van der Waals surface area contributed by atoms with Crippen LogP contribution in [0.2, 0.25) is 0 Å². The Morgan fingerprint density at radius 2 is 2.22 bits per heavy atom. The second-order valence-corrected chi connectivity index (χ2v) is 6.39. The van der Waals surface area contributed by atoms with Gasteiger partial charge in [-0.25, -0.2) is 4.39 Å². The lowest BCUT2D eigenvalue weighted by Crippen LogP contribution is -2.43. The molecule has 2 fully saturated rings. The van der Waals surface area contributed by atoms with E-state index in [1.165, 1.54) is 18.7 Å². The standard InChI is InChI=1S/C17H19FN4O/c1-22-15(13-4-2-10(18)9-19-13)6-7-16(22)17(23)21-14-8-11-3-5-12(14)20-11/h2,4,6-7,9,11-12,14,20H,3,5,8H2,1H3,(H,21,23)/t11-,12+,14-/m1/s1. The fourth-order valence-corrected chi connectivity index (χ4v) is 3.75. The molecule has 0 aliphatic carbocycles. The van der Waals surface area contributed by atoms with Crippen molar-refractivity contribution < 1.29 is 9.18 Å². The number of nitrogens with one attached hydrogen (secondary N) is 2. The Morgan fingerprint density at radius 1 is 1.35 bits per heavy atom. The topological polar surface area (TPSA) is 59.0 Å². The van der Waals surface area contributed by atoms with E-state index >= 15 is 0 Å². The molecule has 4 rings (SSSR count). The number of hydrogen-bond donors (Lipinski definition) is 2. The van der Waals surface area contributed by atoms with Gasteiger partial charge in [0, 0.05) is 25.2 Å². The first kappa shape index (κ1) is 14.4. The van der Waals surface area contributed by atoms with Crippen molar-refractivity contribution in [2.24, 2.45) is 7.05 Å². The molecule has 2 aromatic heterocycles. The van der Waals surface area contributed by atoms with Crippen LogP contribution in [-0.4, -0.2) is 33.6 Å². The van der Waals surface area contributed by atoms with Crippen LogP contribution in [0.3, 0.4) is 0 Å². The highest BCUT2D eigenvalue weighted by molar-refractivity contribution is 5.94. The quantitative estimate of drug-likeness (QED) is 0.909. The van der Waals surface area contributed by atoms with E-state index in [0.717, 1.165) is 18.5 Å². The minimum atomic E-state index is -0.371. The first-order valence-electron chi connectivity index (χ1n) is 7.96. The summed E-state index contributed by atoms with van der Waals surface area (Å²) in [5, 5.41) is 6.66. The summed E-state index contributed by atoms with van der Waals surface area (Å²) < 4.78 is 14.8. The molecule has 0 radical (unpaired) electrons. The van der Waals surface area contributed by atoms with Crippen molar-refractivity contribution in [3.63, 3.8) is 0 Å². The lowest BCUT2D eigenvalue weighted by Gasteiger charge is -2.21. The molecule has 2 aliphatic rings. The zero-order valence-electron chi connectivity index (χ0n) is 12.9. The van der Waals surface area contributed by atoms with Gasteiger partial charge in [0.2, 0.25) is 0 Å². The van der Waals surface area contributed by atoms with Crippen LogP contribution in [0.25, 0.3) is 11.4 Å². The third-order valence-electron chi connectivity index (χ3n) is 4.96. The maximum absolute atomic E-state index is 13.0. The molecule has 0 spiro atoms. The SMILES string of the molecule is Cn1c(C(=O)N[C@@H]2C[C@H]3CC[C@@H]2N3)ccc1-c1ccc(F)cn1. The molecule has 0 aromatic carbocycles. The number of fused-ring (bicyclic) bond motifs is 2. The average Bonchev–Trinajstić information content (AvgIpc) is 3.23. The Labute approximate surface area is 133 Å². The molecule has 23 heavy (non-hydrogen) atoms. The summed E-state index contributed by atoms with van der Waals surface area (Å²) in [6.45, 7) is 0. The average molecular weight is 314 g/mol. The zero-order valence-corrected chi connectivity index (χ0v) is 12.9. The van der Waals surface area contributed by atoms with Crippen LogP contribution in [0.15, 0.2) is 30.5 Å². The molecule has 2 bridgehead atoms. The largest absolute Gasteiger partial charge is 0.346 e. The van der Waals surface area contributed by atoms with E-state index in [0.29, 0.717) is 23.5 Å². The molecule has 6 heteroatoms. The molecule has 4 heterocycles. The summed E-state index contributed by atoms with van der Waals surface area (Å²) in [6.07, 6.45) is 4.53. The fraction of sp³-hybridized carbons (Fsp3) is 0.412. The molecule has 2 saturated heterocycles. The normalized spacial score (nSPS) is 25.7. The summed E-state index contributed by atoms with van der Waals surface area (Å²) in [4.78, 5) is 16.6. The number of hydrogen-bond acceptors (Lipinski definition) is 3. The van der Waals surface area contributed by atoms with Gasteiger partial charge in [0.05, 0.1) is 17.6 Å². The molecule has 3 atom stereocenters. The van der Waals surface area contributed by atoms with Crippen molar-refractivity contribution in [3.8, 4) is 11.4 Å².